The Morgan fingerprint density at radius 1 is 1.07 bits per heavy atom. The molecular formula is C21H21FN4O. The van der Waals surface area contributed by atoms with E-state index in [1.54, 1.807) is 30.3 Å². The molecule has 0 aliphatic carbocycles. The number of amides is 1. The molecule has 2 N–H and O–H groups in total. The van der Waals surface area contributed by atoms with E-state index in [2.05, 4.69) is 20.6 Å². The average molecular weight is 364 g/mol. The normalized spacial score (nSPS) is 10.7. The van der Waals surface area contributed by atoms with Crippen LogP contribution in [-0.2, 0) is 0 Å². The molecule has 0 atom stereocenters. The Bertz CT molecular complexity index is 925. The fourth-order valence-electron chi connectivity index (χ4n) is 2.48. The number of nitrogens with one attached hydrogen (secondary N) is 2. The first-order valence-corrected chi connectivity index (χ1v) is 8.74. The molecule has 0 spiro atoms. The summed E-state index contributed by atoms with van der Waals surface area (Å²) < 4.78 is 13.4. The second kappa shape index (κ2) is 8.40. The van der Waals surface area contributed by atoms with E-state index < -0.39 is 0 Å². The van der Waals surface area contributed by atoms with Gasteiger partial charge in [0.15, 0.2) is 0 Å². The van der Waals surface area contributed by atoms with Gasteiger partial charge >= 0.3 is 0 Å². The van der Waals surface area contributed by atoms with E-state index in [4.69, 9.17) is 0 Å². The second-order valence-electron chi connectivity index (χ2n) is 6.61. The van der Waals surface area contributed by atoms with E-state index in [1.165, 1.54) is 18.5 Å². The fraction of sp³-hybridized carbons (Fsp3) is 0.190. The van der Waals surface area contributed by atoms with Crippen molar-refractivity contribution in [1.29, 1.82) is 0 Å². The van der Waals surface area contributed by atoms with Gasteiger partial charge in [-0.1, -0.05) is 26.0 Å². The van der Waals surface area contributed by atoms with Crippen LogP contribution in [0.15, 0.2) is 60.9 Å². The molecule has 0 saturated carbocycles. The Morgan fingerprint density at radius 2 is 1.85 bits per heavy atom. The van der Waals surface area contributed by atoms with Crippen LogP contribution in [-0.4, -0.2) is 22.4 Å². The van der Waals surface area contributed by atoms with E-state index in [0.717, 1.165) is 5.69 Å². The van der Waals surface area contributed by atoms with Gasteiger partial charge in [0.25, 0.3) is 5.91 Å². The Balaban J connectivity index is 1.70. The van der Waals surface area contributed by atoms with E-state index in [9.17, 15) is 9.18 Å². The van der Waals surface area contributed by atoms with Crippen LogP contribution >= 0.6 is 0 Å². The van der Waals surface area contributed by atoms with Crippen molar-refractivity contribution in [3.63, 3.8) is 0 Å². The Kier molecular flexibility index (Phi) is 5.76. The number of nitrogens with zero attached hydrogens (tertiary/aromatic N) is 2. The molecule has 0 aliphatic rings. The van der Waals surface area contributed by atoms with Crippen LogP contribution in [0.1, 0.15) is 24.2 Å². The van der Waals surface area contributed by atoms with Gasteiger partial charge in [0.1, 0.15) is 18.0 Å². The Labute approximate surface area is 157 Å². The van der Waals surface area contributed by atoms with E-state index in [0.29, 0.717) is 35.1 Å². The molecule has 1 heterocycles. The van der Waals surface area contributed by atoms with Crippen LogP contribution in [0, 0.1) is 11.7 Å². The molecule has 0 aliphatic heterocycles. The largest absolute Gasteiger partial charge is 0.352 e. The molecule has 1 amide bonds. The molecule has 6 heteroatoms. The number of aromatic nitrogens is 2. The van der Waals surface area contributed by atoms with Gasteiger partial charge in [0.2, 0.25) is 0 Å². The third kappa shape index (κ3) is 5.10. The van der Waals surface area contributed by atoms with Crippen LogP contribution in [0.25, 0.3) is 11.3 Å². The summed E-state index contributed by atoms with van der Waals surface area (Å²) in [6.07, 6.45) is 1.43. The van der Waals surface area contributed by atoms with Gasteiger partial charge in [-0.2, -0.15) is 0 Å². The number of hydrogen-bond donors (Lipinski definition) is 2. The van der Waals surface area contributed by atoms with Gasteiger partial charge in [-0.15, -0.1) is 0 Å². The lowest BCUT2D eigenvalue weighted by atomic mass is 10.1. The van der Waals surface area contributed by atoms with E-state index in [-0.39, 0.29) is 11.7 Å². The quantitative estimate of drug-likeness (QED) is 0.680. The number of halogens is 1. The molecule has 0 bridgehead atoms. The summed E-state index contributed by atoms with van der Waals surface area (Å²) in [7, 11) is 0. The van der Waals surface area contributed by atoms with Crippen molar-refractivity contribution in [2.24, 2.45) is 5.92 Å². The lowest BCUT2D eigenvalue weighted by Gasteiger charge is -2.10. The maximum Gasteiger partial charge on any atom is 0.251 e. The van der Waals surface area contributed by atoms with E-state index in [1.807, 2.05) is 26.0 Å². The summed E-state index contributed by atoms with van der Waals surface area (Å²) in [5.41, 5.74) is 2.69. The molecule has 3 rings (SSSR count). The van der Waals surface area contributed by atoms with Crippen LogP contribution in [0.2, 0.25) is 0 Å². The van der Waals surface area contributed by atoms with Crippen molar-refractivity contribution < 1.29 is 9.18 Å². The highest BCUT2D eigenvalue weighted by Crippen LogP contribution is 2.22. The summed E-state index contributed by atoms with van der Waals surface area (Å²) in [5.74, 6) is 0.582. The highest BCUT2D eigenvalue weighted by Gasteiger charge is 2.07. The zero-order valence-electron chi connectivity index (χ0n) is 15.2. The molecule has 2 aromatic carbocycles. The monoisotopic (exact) mass is 364 g/mol. The maximum absolute atomic E-state index is 13.4. The molecule has 5 nitrogen and oxygen atoms in total. The van der Waals surface area contributed by atoms with Crippen LogP contribution in [0.5, 0.6) is 0 Å². The van der Waals surface area contributed by atoms with Crippen molar-refractivity contribution in [3.05, 3.63) is 72.3 Å². The van der Waals surface area contributed by atoms with Crippen LogP contribution < -0.4 is 10.6 Å². The van der Waals surface area contributed by atoms with Gasteiger partial charge in [-0.05, 0) is 42.3 Å². The van der Waals surface area contributed by atoms with Crippen molar-refractivity contribution in [3.8, 4) is 11.3 Å². The summed E-state index contributed by atoms with van der Waals surface area (Å²) in [6.45, 7) is 4.74. The first-order chi connectivity index (χ1) is 13.0. The molecule has 3 aromatic rings. The van der Waals surface area contributed by atoms with E-state index >= 15 is 0 Å². The highest BCUT2D eigenvalue weighted by atomic mass is 19.1. The van der Waals surface area contributed by atoms with Crippen molar-refractivity contribution in [2.45, 2.75) is 13.8 Å². The molecule has 0 saturated heterocycles. The molecule has 0 radical (unpaired) electrons. The van der Waals surface area contributed by atoms with Gasteiger partial charge in [0.05, 0.1) is 5.69 Å². The number of anilines is 2. The van der Waals surface area contributed by atoms with Gasteiger partial charge in [-0.3, -0.25) is 4.79 Å². The Morgan fingerprint density at radius 3 is 2.56 bits per heavy atom. The maximum atomic E-state index is 13.4. The molecule has 138 valence electrons. The predicted molar refractivity (Wildman–Crippen MR) is 104 cm³/mol. The smallest absolute Gasteiger partial charge is 0.251 e. The predicted octanol–water partition coefficient (Wildman–Crippen LogP) is 4.41. The molecular weight excluding hydrogens is 343 g/mol. The standard InChI is InChI=1S/C21H21FN4O/c1-14(2)12-23-21(27)15-6-8-18(9-7-15)26-20-11-19(24-13-25-20)16-4-3-5-17(22)10-16/h3-11,13-14H,12H2,1-2H3,(H,23,27)(H,24,25,26). The number of carbonyl (C=O) groups is 1. The number of rotatable bonds is 6. The summed E-state index contributed by atoms with van der Waals surface area (Å²) in [5, 5.41) is 6.06. The van der Waals surface area contributed by atoms with Gasteiger partial charge in [0, 0.05) is 29.4 Å². The molecule has 1 aromatic heterocycles. The summed E-state index contributed by atoms with van der Waals surface area (Å²) in [6, 6.07) is 15.1. The molecule has 0 fully saturated rings. The average Bonchev–Trinajstić information content (AvgIpc) is 2.67. The minimum Gasteiger partial charge on any atom is -0.352 e. The first kappa shape index (κ1) is 18.5. The zero-order chi connectivity index (χ0) is 19.2. The van der Waals surface area contributed by atoms with Crippen LogP contribution in [0.4, 0.5) is 15.9 Å². The third-order valence-corrected chi connectivity index (χ3v) is 3.88. The first-order valence-electron chi connectivity index (χ1n) is 8.74. The highest BCUT2D eigenvalue weighted by molar-refractivity contribution is 5.94. The van der Waals surface area contributed by atoms with Crippen LogP contribution in [0.3, 0.4) is 0 Å². The topological polar surface area (TPSA) is 66.9 Å². The SMILES string of the molecule is CC(C)CNC(=O)c1ccc(Nc2cc(-c3cccc(F)c3)ncn2)cc1. The number of benzene rings is 2. The number of hydrogen-bond acceptors (Lipinski definition) is 4. The molecule has 27 heavy (non-hydrogen) atoms. The third-order valence-electron chi connectivity index (χ3n) is 3.88. The molecule has 0 unspecified atom stereocenters. The fourth-order valence-corrected chi connectivity index (χ4v) is 2.48. The van der Waals surface area contributed by atoms with Gasteiger partial charge in [-0.25, -0.2) is 14.4 Å². The zero-order valence-corrected chi connectivity index (χ0v) is 15.2. The van der Waals surface area contributed by atoms with Crippen molar-refractivity contribution >= 4 is 17.4 Å². The lowest BCUT2D eigenvalue weighted by Crippen LogP contribution is -2.27. The van der Waals surface area contributed by atoms with Crippen molar-refractivity contribution in [1.82, 2.24) is 15.3 Å². The van der Waals surface area contributed by atoms with Gasteiger partial charge < -0.3 is 10.6 Å². The summed E-state index contributed by atoms with van der Waals surface area (Å²) in [4.78, 5) is 20.5. The second-order valence-corrected chi connectivity index (χ2v) is 6.61. The summed E-state index contributed by atoms with van der Waals surface area (Å²) >= 11 is 0. The van der Waals surface area contributed by atoms with Crippen molar-refractivity contribution in [2.75, 3.05) is 11.9 Å². The minimum absolute atomic E-state index is 0.0920. The minimum atomic E-state index is -0.313. The lowest BCUT2D eigenvalue weighted by molar-refractivity contribution is 0.0949. The number of carbonyl (C=O) groups excluding carboxylic acids is 1. The Hall–Kier alpha value is -3.28.